The maximum Gasteiger partial charge on any atom is 0.253 e. The molecule has 0 aromatic heterocycles. The van der Waals surface area contributed by atoms with Crippen LogP contribution in [-0.4, -0.2) is 44.5 Å². The molecule has 0 unspecified atom stereocenters. The zero-order valence-electron chi connectivity index (χ0n) is 16.2. The maximum atomic E-state index is 12.3. The van der Waals surface area contributed by atoms with Crippen LogP contribution in [0, 0.1) is 0 Å². The first kappa shape index (κ1) is 21.9. The number of benzene rings is 2. The van der Waals surface area contributed by atoms with Crippen molar-refractivity contribution in [3.8, 4) is 0 Å². The van der Waals surface area contributed by atoms with Gasteiger partial charge in [-0.2, -0.15) is 0 Å². The van der Waals surface area contributed by atoms with Crippen LogP contribution in [0.15, 0.2) is 47.4 Å². The lowest BCUT2D eigenvalue weighted by atomic mass is 10.1. The van der Waals surface area contributed by atoms with Crippen molar-refractivity contribution in [2.45, 2.75) is 31.3 Å². The van der Waals surface area contributed by atoms with E-state index in [1.165, 1.54) is 18.2 Å². The van der Waals surface area contributed by atoms with E-state index in [0.29, 0.717) is 5.56 Å². The fourth-order valence-electron chi connectivity index (χ4n) is 2.42. The third-order valence-electron chi connectivity index (χ3n) is 4.34. The van der Waals surface area contributed by atoms with Crippen LogP contribution in [0.4, 0.5) is 0 Å². The number of nitrogens with zero attached hydrogens (tertiary/aromatic N) is 1. The lowest BCUT2D eigenvalue weighted by molar-refractivity contribution is 0.0754. The molecule has 0 aliphatic rings. The van der Waals surface area contributed by atoms with Crippen LogP contribution in [0.2, 0.25) is 5.02 Å². The van der Waals surface area contributed by atoms with Gasteiger partial charge in [-0.05, 0) is 49.7 Å². The molecule has 0 heterocycles. The molecule has 0 radical (unpaired) electrons. The van der Waals surface area contributed by atoms with E-state index in [4.69, 9.17) is 11.6 Å². The predicted octanol–water partition coefficient (Wildman–Crippen LogP) is 3.15. The largest absolute Gasteiger partial charge is 0.348 e. The van der Waals surface area contributed by atoms with E-state index < -0.39 is 15.7 Å². The SMILES string of the molecule is CC(C)N(C)C(=O)c1ccc(CNC(=O)c2ccc(Cl)c(S(C)(=O)=O)c2)cc1. The Labute approximate surface area is 170 Å². The summed E-state index contributed by atoms with van der Waals surface area (Å²) < 4.78 is 23.5. The first-order valence-electron chi connectivity index (χ1n) is 8.64. The van der Waals surface area contributed by atoms with Crippen LogP contribution in [0.25, 0.3) is 0 Å². The molecule has 0 aliphatic carbocycles. The normalized spacial score (nSPS) is 11.4. The number of nitrogens with one attached hydrogen (secondary N) is 1. The minimum absolute atomic E-state index is 0.0694. The number of hydrogen-bond acceptors (Lipinski definition) is 4. The van der Waals surface area contributed by atoms with Gasteiger partial charge in [0.05, 0.1) is 9.92 Å². The summed E-state index contributed by atoms with van der Waals surface area (Å²) in [6, 6.07) is 11.2. The zero-order valence-corrected chi connectivity index (χ0v) is 17.8. The minimum atomic E-state index is -3.53. The number of carbonyl (C=O) groups is 2. The van der Waals surface area contributed by atoms with E-state index in [-0.39, 0.29) is 34.0 Å². The second kappa shape index (κ2) is 8.75. The van der Waals surface area contributed by atoms with Crippen molar-refractivity contribution in [1.82, 2.24) is 10.2 Å². The number of amides is 2. The van der Waals surface area contributed by atoms with Gasteiger partial charge in [-0.15, -0.1) is 0 Å². The molecule has 2 amide bonds. The van der Waals surface area contributed by atoms with Crippen LogP contribution in [0.1, 0.15) is 40.1 Å². The summed E-state index contributed by atoms with van der Waals surface area (Å²) >= 11 is 5.90. The van der Waals surface area contributed by atoms with Crippen molar-refractivity contribution < 1.29 is 18.0 Å². The van der Waals surface area contributed by atoms with E-state index >= 15 is 0 Å². The highest BCUT2D eigenvalue weighted by atomic mass is 35.5. The smallest absolute Gasteiger partial charge is 0.253 e. The van der Waals surface area contributed by atoms with Gasteiger partial charge in [-0.3, -0.25) is 9.59 Å². The molecular weight excluding hydrogens is 400 g/mol. The average Bonchev–Trinajstić information content (AvgIpc) is 2.64. The number of carbonyl (C=O) groups excluding carboxylic acids is 2. The van der Waals surface area contributed by atoms with Crippen molar-refractivity contribution in [2.24, 2.45) is 0 Å². The molecule has 1 N–H and O–H groups in total. The van der Waals surface area contributed by atoms with Gasteiger partial charge >= 0.3 is 0 Å². The van der Waals surface area contributed by atoms with Crippen LogP contribution >= 0.6 is 11.6 Å². The molecule has 150 valence electrons. The molecule has 0 saturated heterocycles. The van der Waals surface area contributed by atoms with Crippen molar-refractivity contribution >= 4 is 33.3 Å². The molecule has 2 rings (SSSR count). The number of halogens is 1. The molecular formula is C20H23ClN2O4S. The van der Waals surface area contributed by atoms with Gasteiger partial charge in [0, 0.05) is 37.0 Å². The average molecular weight is 423 g/mol. The summed E-state index contributed by atoms with van der Waals surface area (Å²) in [6.07, 6.45) is 1.04. The Kier molecular flexibility index (Phi) is 6.85. The minimum Gasteiger partial charge on any atom is -0.348 e. The molecule has 0 fully saturated rings. The fraction of sp³-hybridized carbons (Fsp3) is 0.300. The highest BCUT2D eigenvalue weighted by Gasteiger charge is 2.16. The van der Waals surface area contributed by atoms with Crippen molar-refractivity contribution in [3.05, 3.63) is 64.2 Å². The summed E-state index contributed by atoms with van der Waals surface area (Å²) in [5.74, 6) is -0.485. The van der Waals surface area contributed by atoms with Crippen LogP contribution in [0.5, 0.6) is 0 Å². The molecule has 2 aromatic carbocycles. The molecule has 0 spiro atoms. The monoisotopic (exact) mass is 422 g/mol. The first-order valence-corrected chi connectivity index (χ1v) is 10.9. The predicted molar refractivity (Wildman–Crippen MR) is 109 cm³/mol. The lowest BCUT2D eigenvalue weighted by Crippen LogP contribution is -2.32. The molecule has 2 aromatic rings. The maximum absolute atomic E-state index is 12.3. The van der Waals surface area contributed by atoms with Gasteiger partial charge in [0.2, 0.25) is 0 Å². The first-order chi connectivity index (χ1) is 13.0. The van der Waals surface area contributed by atoms with Gasteiger partial charge < -0.3 is 10.2 Å². The van der Waals surface area contributed by atoms with E-state index in [2.05, 4.69) is 5.32 Å². The second-order valence-corrected chi connectivity index (χ2v) is 9.20. The highest BCUT2D eigenvalue weighted by Crippen LogP contribution is 2.22. The number of hydrogen-bond donors (Lipinski definition) is 1. The molecule has 0 atom stereocenters. The van der Waals surface area contributed by atoms with E-state index in [0.717, 1.165) is 11.8 Å². The van der Waals surface area contributed by atoms with E-state index in [1.54, 1.807) is 36.2 Å². The fourth-order valence-corrected chi connectivity index (χ4v) is 3.72. The summed E-state index contributed by atoms with van der Waals surface area (Å²) in [4.78, 5) is 26.2. The molecule has 0 bridgehead atoms. The number of rotatable bonds is 6. The van der Waals surface area contributed by atoms with Gasteiger partial charge in [-0.25, -0.2) is 8.42 Å². The Morgan fingerprint density at radius 1 is 1.07 bits per heavy atom. The standard InChI is InChI=1S/C20H23ClN2O4S/c1-13(2)23(3)20(25)15-7-5-14(6-8-15)12-22-19(24)16-9-10-17(21)18(11-16)28(4,26)27/h5-11,13H,12H2,1-4H3,(H,22,24). The van der Waals surface area contributed by atoms with Gasteiger partial charge in [-0.1, -0.05) is 23.7 Å². The Hall–Kier alpha value is -2.38. The number of sulfone groups is 1. The third kappa shape index (κ3) is 5.33. The summed E-state index contributed by atoms with van der Waals surface area (Å²) in [7, 11) is -1.78. The second-order valence-electron chi connectivity index (χ2n) is 6.81. The molecule has 0 saturated carbocycles. The van der Waals surface area contributed by atoms with E-state index in [9.17, 15) is 18.0 Å². The van der Waals surface area contributed by atoms with Crippen molar-refractivity contribution in [2.75, 3.05) is 13.3 Å². The van der Waals surface area contributed by atoms with Crippen LogP contribution < -0.4 is 5.32 Å². The lowest BCUT2D eigenvalue weighted by Gasteiger charge is -2.21. The van der Waals surface area contributed by atoms with Gasteiger partial charge in [0.15, 0.2) is 9.84 Å². The Morgan fingerprint density at radius 2 is 1.64 bits per heavy atom. The van der Waals surface area contributed by atoms with Gasteiger partial charge in [0.1, 0.15) is 0 Å². The molecule has 28 heavy (non-hydrogen) atoms. The highest BCUT2D eigenvalue weighted by molar-refractivity contribution is 7.90. The third-order valence-corrected chi connectivity index (χ3v) is 5.92. The van der Waals surface area contributed by atoms with Crippen LogP contribution in [0.3, 0.4) is 0 Å². The van der Waals surface area contributed by atoms with Gasteiger partial charge in [0.25, 0.3) is 11.8 Å². The van der Waals surface area contributed by atoms with E-state index in [1.807, 2.05) is 13.8 Å². The van der Waals surface area contributed by atoms with Crippen LogP contribution in [-0.2, 0) is 16.4 Å². The molecule has 6 nitrogen and oxygen atoms in total. The summed E-state index contributed by atoms with van der Waals surface area (Å²) in [6.45, 7) is 4.12. The quantitative estimate of drug-likeness (QED) is 0.775. The summed E-state index contributed by atoms with van der Waals surface area (Å²) in [5.41, 5.74) is 1.59. The van der Waals surface area contributed by atoms with Crippen molar-refractivity contribution in [3.63, 3.8) is 0 Å². The Bertz CT molecular complexity index is 986. The molecule has 0 aliphatic heterocycles. The zero-order chi connectivity index (χ0) is 21.1. The van der Waals surface area contributed by atoms with Crippen molar-refractivity contribution in [1.29, 1.82) is 0 Å². The summed E-state index contributed by atoms with van der Waals surface area (Å²) in [5, 5.41) is 2.81. The Balaban J connectivity index is 2.07. The Morgan fingerprint density at radius 3 is 2.18 bits per heavy atom. The molecule has 8 heteroatoms. The topological polar surface area (TPSA) is 83.6 Å².